The molecule has 0 spiro atoms. The number of allylic oxidation sites excluding steroid dienone is 1. The van der Waals surface area contributed by atoms with E-state index in [2.05, 4.69) is 43.3 Å². The molecule has 2 aromatic carbocycles. The van der Waals surface area contributed by atoms with Crippen LogP contribution in [-0.4, -0.2) is 24.3 Å². The average Bonchev–Trinajstić information content (AvgIpc) is 2.58. The quantitative estimate of drug-likeness (QED) is 0.664. The van der Waals surface area contributed by atoms with Gasteiger partial charge in [0.05, 0.1) is 13.2 Å². The standard InChI is InChI=1S/C20H26O3P/c1-4-22-24(21,23-5-2)16-15-20(18-9-7-6-8-10-18)19-13-11-17(3)12-14-19/h6-15,21H,4-5,16H2,1-3H3/q+1. The van der Waals surface area contributed by atoms with Crippen molar-refractivity contribution in [3.63, 3.8) is 0 Å². The van der Waals surface area contributed by atoms with Gasteiger partial charge >= 0.3 is 7.94 Å². The molecular weight excluding hydrogens is 319 g/mol. The van der Waals surface area contributed by atoms with E-state index in [1.54, 1.807) is 0 Å². The van der Waals surface area contributed by atoms with Crippen molar-refractivity contribution < 1.29 is 13.9 Å². The van der Waals surface area contributed by atoms with E-state index >= 15 is 0 Å². The summed E-state index contributed by atoms with van der Waals surface area (Å²) in [5.74, 6) is 0. The Bertz CT molecular complexity index is 644. The van der Waals surface area contributed by atoms with E-state index in [1.807, 2.05) is 38.1 Å². The molecule has 0 aliphatic heterocycles. The zero-order chi connectivity index (χ0) is 17.4. The lowest BCUT2D eigenvalue weighted by Gasteiger charge is -2.15. The van der Waals surface area contributed by atoms with Crippen molar-refractivity contribution in [1.82, 2.24) is 0 Å². The summed E-state index contributed by atoms with van der Waals surface area (Å²) in [6, 6.07) is 18.6. The van der Waals surface area contributed by atoms with E-state index in [1.165, 1.54) is 5.56 Å². The molecular formula is C20H26O3P+. The maximum absolute atomic E-state index is 10.6. The first kappa shape index (κ1) is 18.8. The van der Waals surface area contributed by atoms with Crippen molar-refractivity contribution >= 4 is 13.5 Å². The second-order valence-electron chi connectivity index (χ2n) is 5.51. The molecule has 0 saturated carbocycles. The highest BCUT2D eigenvalue weighted by Gasteiger charge is 2.38. The maximum atomic E-state index is 10.6. The molecule has 4 heteroatoms. The van der Waals surface area contributed by atoms with Crippen molar-refractivity contribution in [1.29, 1.82) is 0 Å². The van der Waals surface area contributed by atoms with Crippen LogP contribution < -0.4 is 0 Å². The van der Waals surface area contributed by atoms with Gasteiger partial charge in [-0.15, -0.1) is 0 Å². The van der Waals surface area contributed by atoms with Crippen LogP contribution in [0.5, 0.6) is 0 Å². The van der Waals surface area contributed by atoms with Crippen molar-refractivity contribution in [3.05, 3.63) is 77.4 Å². The van der Waals surface area contributed by atoms with E-state index in [0.717, 1.165) is 16.7 Å². The maximum Gasteiger partial charge on any atom is 0.412 e. The molecule has 0 radical (unpaired) electrons. The van der Waals surface area contributed by atoms with Crippen LogP contribution in [0.2, 0.25) is 0 Å². The molecule has 128 valence electrons. The third-order valence-electron chi connectivity index (χ3n) is 3.64. The van der Waals surface area contributed by atoms with Gasteiger partial charge in [-0.3, -0.25) is 0 Å². The van der Waals surface area contributed by atoms with Gasteiger partial charge in [-0.2, -0.15) is 13.9 Å². The van der Waals surface area contributed by atoms with Crippen LogP contribution in [0.1, 0.15) is 30.5 Å². The van der Waals surface area contributed by atoms with Crippen molar-refractivity contribution in [3.8, 4) is 0 Å². The molecule has 0 aromatic heterocycles. The van der Waals surface area contributed by atoms with Crippen LogP contribution in [0.4, 0.5) is 0 Å². The summed E-state index contributed by atoms with van der Waals surface area (Å²) in [6.07, 6.45) is 2.39. The summed E-state index contributed by atoms with van der Waals surface area (Å²) in [5.41, 5.74) is 4.53. The van der Waals surface area contributed by atoms with Crippen LogP contribution in [0.25, 0.3) is 5.57 Å². The Hall–Kier alpha value is -1.51. The van der Waals surface area contributed by atoms with Crippen LogP contribution in [0.15, 0.2) is 60.7 Å². The molecule has 0 amide bonds. The minimum Gasteiger partial charge on any atom is -0.192 e. The summed E-state index contributed by atoms with van der Waals surface area (Å²) in [6.45, 7) is 6.67. The number of hydrogen-bond donors (Lipinski definition) is 1. The summed E-state index contributed by atoms with van der Waals surface area (Å²) in [4.78, 5) is 10.6. The summed E-state index contributed by atoms with van der Waals surface area (Å²) in [7, 11) is -2.85. The Balaban J connectivity index is 2.36. The lowest BCUT2D eigenvalue weighted by molar-refractivity contribution is 0.192. The van der Waals surface area contributed by atoms with E-state index in [0.29, 0.717) is 19.4 Å². The monoisotopic (exact) mass is 345 g/mol. The van der Waals surface area contributed by atoms with Crippen LogP contribution in [0.3, 0.4) is 0 Å². The fraction of sp³-hybridized carbons (Fsp3) is 0.300. The molecule has 0 aliphatic carbocycles. The number of hydrogen-bond acceptors (Lipinski definition) is 3. The Morgan fingerprint density at radius 1 is 0.917 bits per heavy atom. The van der Waals surface area contributed by atoms with Gasteiger partial charge in [0.15, 0.2) is 6.16 Å². The second kappa shape index (κ2) is 9.10. The summed E-state index contributed by atoms with van der Waals surface area (Å²) in [5, 5.41) is 0. The van der Waals surface area contributed by atoms with Crippen LogP contribution >= 0.6 is 7.94 Å². The van der Waals surface area contributed by atoms with Gasteiger partial charge in [-0.25, -0.2) is 0 Å². The van der Waals surface area contributed by atoms with E-state index in [-0.39, 0.29) is 0 Å². The topological polar surface area (TPSA) is 38.7 Å². The van der Waals surface area contributed by atoms with Crippen LogP contribution in [-0.2, 0) is 9.05 Å². The van der Waals surface area contributed by atoms with Gasteiger partial charge in [-0.05, 0) is 43.5 Å². The van der Waals surface area contributed by atoms with Gasteiger partial charge in [-0.1, -0.05) is 60.2 Å². The zero-order valence-corrected chi connectivity index (χ0v) is 15.5. The van der Waals surface area contributed by atoms with Gasteiger partial charge in [0, 0.05) is 0 Å². The average molecular weight is 345 g/mol. The normalized spacial score (nSPS) is 12.4. The van der Waals surface area contributed by atoms with E-state index in [9.17, 15) is 4.89 Å². The molecule has 2 rings (SSSR count). The lowest BCUT2D eigenvalue weighted by Crippen LogP contribution is -2.06. The van der Waals surface area contributed by atoms with E-state index < -0.39 is 7.94 Å². The predicted octanol–water partition coefficient (Wildman–Crippen LogP) is 5.25. The molecule has 2 aromatic rings. The van der Waals surface area contributed by atoms with Gasteiger partial charge in [0.1, 0.15) is 0 Å². The molecule has 0 unspecified atom stereocenters. The van der Waals surface area contributed by atoms with Crippen molar-refractivity contribution in [2.45, 2.75) is 20.8 Å². The molecule has 0 atom stereocenters. The van der Waals surface area contributed by atoms with E-state index in [4.69, 9.17) is 9.05 Å². The minimum atomic E-state index is -2.85. The Morgan fingerprint density at radius 3 is 2.00 bits per heavy atom. The molecule has 0 saturated heterocycles. The Morgan fingerprint density at radius 2 is 1.46 bits per heavy atom. The zero-order valence-electron chi connectivity index (χ0n) is 14.6. The van der Waals surface area contributed by atoms with Crippen LogP contribution in [0, 0.1) is 6.92 Å². The number of benzene rings is 2. The Labute approximate surface area is 145 Å². The molecule has 0 aliphatic rings. The summed E-state index contributed by atoms with van der Waals surface area (Å²) >= 11 is 0. The molecule has 0 heterocycles. The molecule has 1 N–H and O–H groups in total. The predicted molar refractivity (Wildman–Crippen MR) is 102 cm³/mol. The van der Waals surface area contributed by atoms with Gasteiger partial charge in [0.25, 0.3) is 0 Å². The number of aryl methyl sites for hydroxylation is 1. The first-order valence-corrected chi connectivity index (χ1v) is 10.1. The fourth-order valence-corrected chi connectivity index (χ4v) is 4.01. The highest BCUT2D eigenvalue weighted by atomic mass is 31.2. The van der Waals surface area contributed by atoms with Crippen molar-refractivity contribution in [2.75, 3.05) is 19.4 Å². The smallest absolute Gasteiger partial charge is 0.192 e. The highest BCUT2D eigenvalue weighted by molar-refractivity contribution is 7.60. The minimum absolute atomic E-state index is 0.368. The molecule has 0 fully saturated rings. The largest absolute Gasteiger partial charge is 0.412 e. The van der Waals surface area contributed by atoms with Crippen molar-refractivity contribution in [2.24, 2.45) is 0 Å². The highest BCUT2D eigenvalue weighted by Crippen LogP contribution is 2.57. The van der Waals surface area contributed by atoms with Gasteiger partial charge in [0.2, 0.25) is 0 Å². The fourth-order valence-electron chi connectivity index (χ4n) is 2.51. The summed E-state index contributed by atoms with van der Waals surface area (Å²) < 4.78 is 11.0. The third kappa shape index (κ3) is 5.25. The first-order chi connectivity index (χ1) is 11.6. The van der Waals surface area contributed by atoms with Gasteiger partial charge < -0.3 is 0 Å². The molecule has 3 nitrogen and oxygen atoms in total. The Kier molecular flexibility index (Phi) is 7.14. The second-order valence-corrected chi connectivity index (χ2v) is 7.66. The number of rotatable bonds is 8. The first-order valence-electron chi connectivity index (χ1n) is 8.30. The SMILES string of the molecule is CCO[P+](O)(CC=C(c1ccccc1)c1ccc(C)cc1)OCC. The third-order valence-corrected chi connectivity index (χ3v) is 5.60. The molecule has 0 bridgehead atoms. The molecule has 24 heavy (non-hydrogen) atoms. The lowest BCUT2D eigenvalue weighted by atomic mass is 9.97.